The van der Waals surface area contributed by atoms with Gasteiger partial charge in [0.05, 0.1) is 7.11 Å². The minimum atomic E-state index is -4.84. The normalized spacial score (nSPS) is 13.5. The lowest BCUT2D eigenvalue weighted by Crippen LogP contribution is -2.19. The number of phenolic OH excluding ortho intramolecular Hbond substituents is 2. The first-order valence-electron chi connectivity index (χ1n) is 8.12. The van der Waals surface area contributed by atoms with Gasteiger partial charge in [-0.1, -0.05) is 39.3 Å². The van der Waals surface area contributed by atoms with Crippen LogP contribution < -0.4 is 4.74 Å². The van der Waals surface area contributed by atoms with E-state index in [1.807, 2.05) is 13.0 Å². The molecule has 0 spiro atoms. The Morgan fingerprint density at radius 1 is 1.12 bits per heavy atom. The molecule has 0 saturated heterocycles. The molecule has 0 unspecified atom stereocenters. The van der Waals surface area contributed by atoms with Crippen LogP contribution in [0, 0.1) is 12.8 Å². The molecular weight excluding hydrogens is 333 g/mol. The summed E-state index contributed by atoms with van der Waals surface area (Å²) >= 11 is 0. The number of hydrogen-bond acceptors (Lipinski definition) is 3. The monoisotopic (exact) mass is 360 g/mol. The summed E-state index contributed by atoms with van der Waals surface area (Å²) in [5.41, 5.74) is -0.881. The molecule has 0 atom stereocenters. The number of alkyl halides is 3. The van der Waals surface area contributed by atoms with Crippen LogP contribution in [0.2, 0.25) is 0 Å². The van der Waals surface area contributed by atoms with Gasteiger partial charge in [-0.05, 0) is 31.7 Å². The number of benzene rings is 1. The van der Waals surface area contributed by atoms with E-state index in [0.717, 1.165) is 19.1 Å². The highest BCUT2D eigenvalue weighted by Gasteiger charge is 2.42. The molecule has 6 heteroatoms. The molecule has 0 aliphatic carbocycles. The Balaban J connectivity index is 3.70. The summed E-state index contributed by atoms with van der Waals surface area (Å²) in [6.07, 6.45) is -2.11. The predicted molar refractivity (Wildman–Crippen MR) is 92.3 cm³/mol. The van der Waals surface area contributed by atoms with Crippen molar-refractivity contribution in [1.82, 2.24) is 0 Å². The van der Waals surface area contributed by atoms with Crippen LogP contribution in [0.3, 0.4) is 0 Å². The summed E-state index contributed by atoms with van der Waals surface area (Å²) in [6, 6.07) is 0. The van der Waals surface area contributed by atoms with Crippen LogP contribution in [-0.2, 0) is 11.6 Å². The molecule has 0 fully saturated rings. The number of allylic oxidation sites excluding steroid dienone is 2. The first kappa shape index (κ1) is 21.2. The molecule has 3 nitrogen and oxygen atoms in total. The highest BCUT2D eigenvalue weighted by molar-refractivity contribution is 5.65. The van der Waals surface area contributed by atoms with E-state index in [4.69, 9.17) is 4.74 Å². The van der Waals surface area contributed by atoms with Gasteiger partial charge < -0.3 is 14.9 Å². The second kappa shape index (κ2) is 7.18. The van der Waals surface area contributed by atoms with Crippen molar-refractivity contribution < 1.29 is 28.1 Å². The van der Waals surface area contributed by atoms with Crippen molar-refractivity contribution in [2.45, 2.75) is 59.6 Å². The van der Waals surface area contributed by atoms with E-state index in [1.165, 1.54) is 6.92 Å². The zero-order chi connectivity index (χ0) is 19.7. The Bertz CT molecular complexity index is 672. The van der Waals surface area contributed by atoms with E-state index in [9.17, 15) is 23.4 Å². The van der Waals surface area contributed by atoms with Gasteiger partial charge in [0.15, 0.2) is 11.5 Å². The molecule has 0 heterocycles. The summed E-state index contributed by atoms with van der Waals surface area (Å²) in [5.74, 6) is -1.84. The van der Waals surface area contributed by atoms with Gasteiger partial charge in [-0.3, -0.25) is 0 Å². The Morgan fingerprint density at radius 3 is 2.04 bits per heavy atom. The molecule has 0 aliphatic heterocycles. The Morgan fingerprint density at radius 2 is 1.64 bits per heavy atom. The van der Waals surface area contributed by atoms with Crippen molar-refractivity contribution in [1.29, 1.82) is 0 Å². The standard InChI is InChI=1S/C19H27F3O3/c1-10(2)8-11(3)9-18(5,6)13-12(4)15(23)14(19(20,21)22)17(25-7)16(13)24/h9-10,23-24H,8H2,1-7H3/b11-9+. The summed E-state index contributed by atoms with van der Waals surface area (Å²) in [4.78, 5) is 0. The average molecular weight is 360 g/mol. The number of hydrogen-bond donors (Lipinski definition) is 2. The first-order chi connectivity index (χ1) is 11.2. The van der Waals surface area contributed by atoms with Gasteiger partial charge in [0.25, 0.3) is 0 Å². The first-order valence-corrected chi connectivity index (χ1v) is 8.12. The maximum Gasteiger partial charge on any atom is 0.423 e. The lowest BCUT2D eigenvalue weighted by Gasteiger charge is -2.29. The van der Waals surface area contributed by atoms with Gasteiger partial charge >= 0.3 is 6.18 Å². The van der Waals surface area contributed by atoms with Gasteiger partial charge in [0.1, 0.15) is 11.3 Å². The van der Waals surface area contributed by atoms with Crippen LogP contribution in [0.4, 0.5) is 13.2 Å². The van der Waals surface area contributed by atoms with Crippen molar-refractivity contribution in [3.8, 4) is 17.2 Å². The fourth-order valence-corrected chi connectivity index (χ4v) is 3.46. The van der Waals surface area contributed by atoms with Crippen molar-refractivity contribution in [2.24, 2.45) is 5.92 Å². The molecule has 0 radical (unpaired) electrons. The quantitative estimate of drug-likeness (QED) is 0.523. The molecule has 0 aromatic heterocycles. The molecule has 0 saturated carbocycles. The molecule has 1 aromatic carbocycles. The maximum absolute atomic E-state index is 13.3. The van der Waals surface area contributed by atoms with Crippen LogP contribution in [0.25, 0.3) is 0 Å². The molecule has 2 N–H and O–H groups in total. The van der Waals surface area contributed by atoms with E-state index >= 15 is 0 Å². The highest BCUT2D eigenvalue weighted by atomic mass is 19.4. The molecule has 0 aliphatic rings. The average Bonchev–Trinajstić information content (AvgIpc) is 2.38. The minimum Gasteiger partial charge on any atom is -0.507 e. The highest BCUT2D eigenvalue weighted by Crippen LogP contribution is 2.53. The van der Waals surface area contributed by atoms with E-state index in [-0.39, 0.29) is 11.1 Å². The summed E-state index contributed by atoms with van der Waals surface area (Å²) in [5, 5.41) is 20.7. The second-order valence-electron chi connectivity index (χ2n) is 7.41. The number of rotatable bonds is 5. The molecule has 1 aromatic rings. The predicted octanol–water partition coefficient (Wildman–Crippen LogP) is 5.70. The van der Waals surface area contributed by atoms with Crippen molar-refractivity contribution in [3.05, 3.63) is 28.3 Å². The smallest absolute Gasteiger partial charge is 0.423 e. The third kappa shape index (κ3) is 4.41. The second-order valence-corrected chi connectivity index (χ2v) is 7.41. The van der Waals surface area contributed by atoms with Crippen molar-refractivity contribution in [3.63, 3.8) is 0 Å². The topological polar surface area (TPSA) is 49.7 Å². The summed E-state index contributed by atoms with van der Waals surface area (Å²) in [7, 11) is 1.04. The Kier molecular flexibility index (Phi) is 6.09. The molecule has 1 rings (SSSR count). The van der Waals surface area contributed by atoms with Crippen LogP contribution in [0.1, 0.15) is 57.7 Å². The van der Waals surface area contributed by atoms with Crippen LogP contribution in [0.5, 0.6) is 17.2 Å². The van der Waals surface area contributed by atoms with Gasteiger partial charge in [0.2, 0.25) is 0 Å². The van der Waals surface area contributed by atoms with Crippen LogP contribution >= 0.6 is 0 Å². The van der Waals surface area contributed by atoms with E-state index < -0.39 is 34.4 Å². The van der Waals surface area contributed by atoms with Gasteiger partial charge in [0, 0.05) is 11.0 Å². The summed E-state index contributed by atoms with van der Waals surface area (Å²) < 4.78 is 44.6. The summed E-state index contributed by atoms with van der Waals surface area (Å²) in [6.45, 7) is 11.0. The SMILES string of the molecule is COc1c(O)c(C(C)(C)/C=C(\C)CC(C)C)c(C)c(O)c1C(F)(F)F. The largest absolute Gasteiger partial charge is 0.507 e. The van der Waals surface area contributed by atoms with E-state index in [1.54, 1.807) is 13.8 Å². The molecule has 25 heavy (non-hydrogen) atoms. The lowest BCUT2D eigenvalue weighted by molar-refractivity contribution is -0.140. The van der Waals surface area contributed by atoms with Gasteiger partial charge in [-0.15, -0.1) is 0 Å². The van der Waals surface area contributed by atoms with Crippen LogP contribution in [0.15, 0.2) is 11.6 Å². The molecule has 0 bridgehead atoms. The number of halogens is 3. The maximum atomic E-state index is 13.3. The number of ether oxygens (including phenoxy) is 1. The third-order valence-electron chi connectivity index (χ3n) is 4.12. The number of aromatic hydroxyl groups is 2. The Hall–Kier alpha value is -1.85. The van der Waals surface area contributed by atoms with Gasteiger partial charge in [-0.2, -0.15) is 13.2 Å². The van der Waals surface area contributed by atoms with E-state index in [2.05, 4.69) is 13.8 Å². The fraction of sp³-hybridized carbons (Fsp3) is 0.579. The molecular formula is C19H27F3O3. The fourth-order valence-electron chi connectivity index (χ4n) is 3.46. The van der Waals surface area contributed by atoms with Crippen LogP contribution in [-0.4, -0.2) is 17.3 Å². The molecule has 0 amide bonds. The third-order valence-corrected chi connectivity index (χ3v) is 4.12. The number of methoxy groups -OCH3 is 1. The lowest BCUT2D eigenvalue weighted by atomic mass is 9.78. The van der Waals surface area contributed by atoms with Crippen molar-refractivity contribution in [2.75, 3.05) is 7.11 Å². The minimum absolute atomic E-state index is 0.00998. The molecule has 142 valence electrons. The van der Waals surface area contributed by atoms with Gasteiger partial charge in [-0.25, -0.2) is 0 Å². The zero-order valence-electron chi connectivity index (χ0n) is 15.8. The number of phenols is 2. The zero-order valence-corrected chi connectivity index (χ0v) is 15.8. The van der Waals surface area contributed by atoms with Crippen molar-refractivity contribution >= 4 is 0 Å². The van der Waals surface area contributed by atoms with E-state index in [0.29, 0.717) is 5.92 Å². The Labute approximate surface area is 147 Å².